The summed E-state index contributed by atoms with van der Waals surface area (Å²) in [4.78, 5) is 44.0. The molecule has 0 aliphatic carbocycles. The molecule has 2 saturated heterocycles. The minimum absolute atomic E-state index is 0.0451. The first kappa shape index (κ1) is 28.1. The van der Waals surface area contributed by atoms with Crippen molar-refractivity contribution in [2.45, 2.75) is 45.1 Å². The summed E-state index contributed by atoms with van der Waals surface area (Å²) in [5.41, 5.74) is 2.37. The van der Waals surface area contributed by atoms with E-state index in [0.717, 1.165) is 11.1 Å². The number of nitrogens with one attached hydrogen (secondary N) is 1. The van der Waals surface area contributed by atoms with Crippen LogP contribution >= 0.6 is 0 Å². The Morgan fingerprint density at radius 2 is 1.73 bits per heavy atom. The first-order valence-corrected chi connectivity index (χ1v) is 13.8. The van der Waals surface area contributed by atoms with E-state index in [-0.39, 0.29) is 49.7 Å². The Morgan fingerprint density at radius 3 is 2.44 bits per heavy atom. The molecule has 5 rings (SSSR count). The lowest BCUT2D eigenvalue weighted by molar-refractivity contribution is -0.157. The number of hydrogen-bond acceptors (Lipinski definition) is 5. The monoisotopic (exact) mass is 559 g/mol. The van der Waals surface area contributed by atoms with Gasteiger partial charge in [0.05, 0.1) is 13.1 Å². The normalized spacial score (nSPS) is 18.9. The average Bonchev–Trinajstić information content (AvgIpc) is 3.29. The van der Waals surface area contributed by atoms with Gasteiger partial charge in [0.25, 0.3) is 0 Å². The summed E-state index contributed by atoms with van der Waals surface area (Å²) in [6, 6.07) is 21.1. The molecule has 10 heteroatoms. The fraction of sp³-hybridized carbons (Fsp3) is 0.323. The number of carbonyl (C=O) groups excluding carboxylic acids is 3. The molecule has 4 amide bonds. The van der Waals surface area contributed by atoms with E-state index in [4.69, 9.17) is 0 Å². The van der Waals surface area contributed by atoms with Crippen molar-refractivity contribution < 1.29 is 23.9 Å². The van der Waals surface area contributed by atoms with E-state index in [1.807, 2.05) is 37.3 Å². The third-order valence-electron chi connectivity index (χ3n) is 7.46. The van der Waals surface area contributed by atoms with Crippen molar-refractivity contribution in [3.8, 4) is 5.75 Å². The quantitative estimate of drug-likeness (QED) is 0.419. The number of urea groups is 1. The number of hydrazine groups is 1. The third-order valence-corrected chi connectivity index (χ3v) is 7.46. The summed E-state index contributed by atoms with van der Waals surface area (Å²) in [5, 5.41) is 16.0. The number of carbonyl (C=O) groups is 3. The summed E-state index contributed by atoms with van der Waals surface area (Å²) in [6.45, 7) is 2.97. The zero-order chi connectivity index (χ0) is 28.9. The lowest BCUT2D eigenvalue weighted by Crippen LogP contribution is -2.66. The van der Waals surface area contributed by atoms with Gasteiger partial charge < -0.3 is 20.2 Å². The van der Waals surface area contributed by atoms with Crippen LogP contribution in [0.1, 0.15) is 30.0 Å². The van der Waals surface area contributed by atoms with Crippen molar-refractivity contribution in [1.29, 1.82) is 0 Å². The van der Waals surface area contributed by atoms with Crippen LogP contribution in [0, 0.1) is 5.82 Å². The van der Waals surface area contributed by atoms with Crippen LogP contribution in [-0.4, -0.2) is 74.6 Å². The lowest BCUT2D eigenvalue weighted by Gasteiger charge is -2.46. The number of phenols is 1. The van der Waals surface area contributed by atoms with Gasteiger partial charge in [0.15, 0.2) is 0 Å². The Bertz CT molecular complexity index is 1390. The highest BCUT2D eigenvalue weighted by Crippen LogP contribution is 2.30. The summed E-state index contributed by atoms with van der Waals surface area (Å²) >= 11 is 0. The van der Waals surface area contributed by atoms with E-state index in [1.165, 1.54) is 12.1 Å². The molecular weight excluding hydrogens is 525 g/mol. The average molecular weight is 560 g/mol. The number of amides is 4. The van der Waals surface area contributed by atoms with Gasteiger partial charge in [-0.2, -0.15) is 5.01 Å². The number of aromatic hydroxyl groups is 1. The molecule has 2 N–H and O–H groups in total. The molecule has 41 heavy (non-hydrogen) atoms. The molecule has 3 aromatic rings. The molecule has 2 fully saturated rings. The van der Waals surface area contributed by atoms with Gasteiger partial charge in [0, 0.05) is 26.1 Å². The molecule has 2 aliphatic rings. The molecule has 2 atom stereocenters. The predicted octanol–water partition coefficient (Wildman–Crippen LogP) is 3.49. The molecule has 9 nitrogen and oxygen atoms in total. The Morgan fingerprint density at radius 1 is 1.00 bits per heavy atom. The fourth-order valence-electron chi connectivity index (χ4n) is 5.52. The van der Waals surface area contributed by atoms with Gasteiger partial charge in [0.2, 0.25) is 11.8 Å². The molecule has 2 heterocycles. The number of nitrogens with zero attached hydrogens (tertiary/aromatic N) is 4. The van der Waals surface area contributed by atoms with Crippen LogP contribution in [0.25, 0.3) is 0 Å². The van der Waals surface area contributed by atoms with Crippen LogP contribution in [0.4, 0.5) is 9.18 Å². The fourth-order valence-corrected chi connectivity index (χ4v) is 5.52. The summed E-state index contributed by atoms with van der Waals surface area (Å²) in [7, 11) is 0. The highest BCUT2D eigenvalue weighted by atomic mass is 19.1. The second-order valence-corrected chi connectivity index (χ2v) is 10.4. The van der Waals surface area contributed by atoms with Crippen LogP contribution in [0.3, 0.4) is 0 Å². The Labute approximate surface area is 238 Å². The maximum absolute atomic E-state index is 14.0. The van der Waals surface area contributed by atoms with Gasteiger partial charge in [-0.1, -0.05) is 61.5 Å². The van der Waals surface area contributed by atoms with Crippen molar-refractivity contribution in [3.63, 3.8) is 0 Å². The van der Waals surface area contributed by atoms with Crippen LogP contribution in [0.15, 0.2) is 78.9 Å². The van der Waals surface area contributed by atoms with Crippen molar-refractivity contribution >= 4 is 17.8 Å². The van der Waals surface area contributed by atoms with Gasteiger partial charge in [-0.25, -0.2) is 9.18 Å². The van der Waals surface area contributed by atoms with Gasteiger partial charge in [-0.05, 0) is 47.4 Å². The second kappa shape index (κ2) is 12.4. The van der Waals surface area contributed by atoms with E-state index in [0.29, 0.717) is 25.1 Å². The molecular formula is C31H34FN5O4. The Balaban J connectivity index is 1.43. The van der Waals surface area contributed by atoms with E-state index >= 15 is 0 Å². The van der Waals surface area contributed by atoms with Crippen molar-refractivity contribution in [2.24, 2.45) is 0 Å². The third kappa shape index (κ3) is 6.33. The number of piperazine rings is 1. The topological polar surface area (TPSA) is 96.4 Å². The maximum Gasteiger partial charge on any atom is 0.332 e. The van der Waals surface area contributed by atoms with Crippen molar-refractivity contribution in [3.05, 3.63) is 101 Å². The van der Waals surface area contributed by atoms with Crippen LogP contribution in [0.5, 0.6) is 5.75 Å². The first-order chi connectivity index (χ1) is 19.8. The predicted molar refractivity (Wildman–Crippen MR) is 150 cm³/mol. The molecule has 2 aliphatic heterocycles. The van der Waals surface area contributed by atoms with Crippen LogP contribution in [-0.2, 0) is 29.1 Å². The van der Waals surface area contributed by atoms with E-state index in [9.17, 15) is 23.9 Å². The number of hydrogen-bond donors (Lipinski definition) is 2. The molecule has 214 valence electrons. The Hall–Kier alpha value is -4.44. The minimum Gasteiger partial charge on any atom is -0.508 e. The van der Waals surface area contributed by atoms with E-state index in [1.54, 1.807) is 56.2 Å². The van der Waals surface area contributed by atoms with E-state index in [2.05, 4.69) is 5.32 Å². The Kier molecular flexibility index (Phi) is 8.49. The highest BCUT2D eigenvalue weighted by molar-refractivity contribution is 5.91. The second-order valence-electron chi connectivity index (χ2n) is 10.4. The van der Waals surface area contributed by atoms with Gasteiger partial charge in [-0.3, -0.25) is 14.6 Å². The van der Waals surface area contributed by atoms with Crippen LogP contribution in [0.2, 0.25) is 0 Å². The summed E-state index contributed by atoms with van der Waals surface area (Å²) in [5.74, 6) is -0.774. The molecule has 0 spiro atoms. The highest BCUT2D eigenvalue weighted by Gasteiger charge is 2.52. The summed E-state index contributed by atoms with van der Waals surface area (Å²) < 4.78 is 14.0. The number of benzene rings is 3. The maximum atomic E-state index is 14.0. The largest absolute Gasteiger partial charge is 0.508 e. The summed E-state index contributed by atoms with van der Waals surface area (Å²) in [6.07, 6.45) is 0.326. The standard InChI is InChI=1S/C31H34FN5O4/c1-2-15-35(31(41)33-18-23-7-4-3-5-8-23)36-21-29(39)37-27(17-22-11-13-26(38)14-12-22)30(40)34(20-28(36)37)19-24-9-6-10-25(32)16-24/h3-14,16,27-28,38H,2,15,17-21H2,1H3,(H,33,41)/t27-,28+/m0/s1. The smallest absolute Gasteiger partial charge is 0.332 e. The zero-order valence-electron chi connectivity index (χ0n) is 22.9. The molecule has 0 aromatic heterocycles. The van der Waals surface area contributed by atoms with E-state index < -0.39 is 18.0 Å². The molecule has 0 saturated carbocycles. The van der Waals surface area contributed by atoms with Crippen molar-refractivity contribution in [2.75, 3.05) is 19.6 Å². The molecule has 0 bridgehead atoms. The van der Waals surface area contributed by atoms with Crippen molar-refractivity contribution in [1.82, 2.24) is 25.1 Å². The lowest BCUT2D eigenvalue weighted by atomic mass is 10.00. The zero-order valence-corrected chi connectivity index (χ0v) is 22.9. The first-order valence-electron chi connectivity index (χ1n) is 13.8. The van der Waals surface area contributed by atoms with Crippen LogP contribution < -0.4 is 5.32 Å². The van der Waals surface area contributed by atoms with Gasteiger partial charge >= 0.3 is 6.03 Å². The molecule has 0 radical (unpaired) electrons. The van der Waals surface area contributed by atoms with Gasteiger partial charge in [-0.15, -0.1) is 0 Å². The minimum atomic E-state index is -0.819. The SMILES string of the molecule is CCCN(C(=O)NCc1ccccc1)N1CC(=O)N2[C@@H](Cc3ccc(O)cc3)C(=O)N(Cc3cccc(F)c3)C[C@@H]21. The van der Waals surface area contributed by atoms with Gasteiger partial charge in [0.1, 0.15) is 23.8 Å². The number of phenolic OH excluding ortho intramolecular Hbond substituents is 1. The number of rotatable bonds is 9. The number of halogens is 1. The number of fused-ring (bicyclic) bond motifs is 1. The molecule has 3 aromatic carbocycles. The molecule has 0 unspecified atom stereocenters.